The topological polar surface area (TPSA) is 90.3 Å². The average molecular weight is 413 g/mol. The van der Waals surface area contributed by atoms with Crippen LogP contribution in [0.2, 0.25) is 0 Å². The lowest BCUT2D eigenvalue weighted by molar-refractivity contribution is -0.123. The summed E-state index contributed by atoms with van der Waals surface area (Å²) in [6.45, 7) is 2.04. The molecule has 29 heavy (non-hydrogen) atoms. The zero-order chi connectivity index (χ0) is 20.5. The highest BCUT2D eigenvalue weighted by Gasteiger charge is 2.39. The highest BCUT2D eigenvalue weighted by molar-refractivity contribution is 7.91. The lowest BCUT2D eigenvalue weighted by Gasteiger charge is -2.24. The van der Waals surface area contributed by atoms with E-state index in [1.54, 1.807) is 6.92 Å². The molecule has 1 atom stereocenters. The molecule has 0 saturated carbocycles. The number of imidazole rings is 1. The maximum absolute atomic E-state index is 12.8. The summed E-state index contributed by atoms with van der Waals surface area (Å²) in [6.07, 6.45) is 0.426. The van der Waals surface area contributed by atoms with Crippen molar-refractivity contribution in [1.82, 2.24) is 14.9 Å². The maximum atomic E-state index is 12.8. The zero-order valence-electron chi connectivity index (χ0n) is 16.2. The van der Waals surface area contributed by atoms with Crippen LogP contribution in [0.5, 0.6) is 5.75 Å². The lowest BCUT2D eigenvalue weighted by atomic mass is 10.0. The molecule has 1 fully saturated rings. The highest BCUT2D eigenvalue weighted by atomic mass is 32.2. The van der Waals surface area contributed by atoms with Gasteiger partial charge in [-0.05, 0) is 37.6 Å². The number of carbonyl (C=O) groups is 1. The molecule has 8 heteroatoms. The van der Waals surface area contributed by atoms with Crippen molar-refractivity contribution in [2.24, 2.45) is 0 Å². The maximum Gasteiger partial charge on any atom is 0.240 e. The van der Waals surface area contributed by atoms with Crippen molar-refractivity contribution in [2.75, 3.05) is 11.5 Å². The number of sulfone groups is 1. The smallest absolute Gasteiger partial charge is 0.240 e. The summed E-state index contributed by atoms with van der Waals surface area (Å²) < 4.78 is 31.3. The normalized spacial score (nSPS) is 20.6. The molecule has 0 radical (unpaired) electrons. The molecule has 1 aromatic heterocycles. The van der Waals surface area contributed by atoms with Crippen molar-refractivity contribution in [3.63, 3.8) is 0 Å². The number of amides is 1. The molecule has 3 aromatic rings. The van der Waals surface area contributed by atoms with Crippen molar-refractivity contribution in [3.8, 4) is 5.75 Å². The van der Waals surface area contributed by atoms with Gasteiger partial charge in [0.15, 0.2) is 9.84 Å². The number of para-hydroxylation sites is 3. The second-order valence-corrected chi connectivity index (χ2v) is 9.84. The monoisotopic (exact) mass is 413 g/mol. The van der Waals surface area contributed by atoms with Gasteiger partial charge in [0.1, 0.15) is 24.7 Å². The molecule has 4 rings (SSSR count). The van der Waals surface area contributed by atoms with Gasteiger partial charge in [0.25, 0.3) is 0 Å². The van der Waals surface area contributed by atoms with Crippen LogP contribution in [0, 0.1) is 0 Å². The predicted molar refractivity (Wildman–Crippen MR) is 110 cm³/mol. The van der Waals surface area contributed by atoms with Crippen LogP contribution in [-0.4, -0.2) is 40.9 Å². The fraction of sp³-hybridized carbons (Fsp3) is 0.333. The first-order valence-electron chi connectivity index (χ1n) is 9.47. The van der Waals surface area contributed by atoms with E-state index in [2.05, 4.69) is 10.3 Å². The molecule has 7 nitrogen and oxygen atoms in total. The van der Waals surface area contributed by atoms with E-state index in [0.29, 0.717) is 12.2 Å². The average Bonchev–Trinajstić information content (AvgIpc) is 3.17. The Bertz CT molecular complexity index is 1140. The van der Waals surface area contributed by atoms with E-state index < -0.39 is 15.4 Å². The summed E-state index contributed by atoms with van der Waals surface area (Å²) in [5.41, 5.74) is 0.882. The molecule has 0 aliphatic carbocycles. The number of hydrogen-bond donors (Lipinski definition) is 1. The number of carbonyl (C=O) groups excluding carboxylic acids is 1. The van der Waals surface area contributed by atoms with Crippen LogP contribution in [0.4, 0.5) is 0 Å². The summed E-state index contributed by atoms with van der Waals surface area (Å²) in [4.78, 5) is 17.4. The first-order valence-corrected chi connectivity index (χ1v) is 11.3. The first kappa shape index (κ1) is 19.4. The number of ether oxygens (including phenoxy) is 1. The largest absolute Gasteiger partial charge is 0.486 e. The molecule has 0 spiro atoms. The van der Waals surface area contributed by atoms with Gasteiger partial charge in [-0.3, -0.25) is 4.79 Å². The van der Waals surface area contributed by atoms with E-state index in [-0.39, 0.29) is 30.6 Å². The van der Waals surface area contributed by atoms with Crippen molar-refractivity contribution in [1.29, 1.82) is 0 Å². The summed E-state index contributed by atoms with van der Waals surface area (Å²) in [5.74, 6) is 1.19. The lowest BCUT2D eigenvalue weighted by Crippen LogP contribution is -2.48. The van der Waals surface area contributed by atoms with E-state index in [4.69, 9.17) is 4.74 Å². The molecule has 1 saturated heterocycles. The van der Waals surface area contributed by atoms with Gasteiger partial charge in [-0.15, -0.1) is 0 Å². The quantitative estimate of drug-likeness (QED) is 0.670. The molecular weight excluding hydrogens is 390 g/mol. The molecule has 0 bridgehead atoms. The minimum atomic E-state index is -3.10. The van der Waals surface area contributed by atoms with Crippen LogP contribution in [0.3, 0.4) is 0 Å². The van der Waals surface area contributed by atoms with Gasteiger partial charge in [0, 0.05) is 0 Å². The standard InChI is InChI=1S/C21H23N3O4S/c1-21(11-12-29(26,27)15-21)23-20(25)13-24-18-10-6-5-9-17(18)22-19(24)14-28-16-7-3-2-4-8-16/h2-10H,11-15H2,1H3,(H,23,25). The molecule has 2 aromatic carbocycles. The number of hydrogen-bond acceptors (Lipinski definition) is 5. The van der Waals surface area contributed by atoms with Gasteiger partial charge in [-0.25, -0.2) is 13.4 Å². The van der Waals surface area contributed by atoms with E-state index in [1.165, 1.54) is 0 Å². The first-order chi connectivity index (χ1) is 13.8. The van der Waals surface area contributed by atoms with Crippen LogP contribution in [-0.2, 0) is 27.8 Å². The van der Waals surface area contributed by atoms with E-state index >= 15 is 0 Å². The van der Waals surface area contributed by atoms with Crippen molar-refractivity contribution in [3.05, 3.63) is 60.4 Å². The Balaban J connectivity index is 1.54. The van der Waals surface area contributed by atoms with Gasteiger partial charge in [0.2, 0.25) is 5.91 Å². The summed E-state index contributed by atoms with van der Waals surface area (Å²) in [6, 6.07) is 17.0. The Labute approximate surface area is 169 Å². The third kappa shape index (κ3) is 4.42. The Kier molecular flexibility index (Phi) is 5.04. The molecule has 1 N–H and O–H groups in total. The Hall–Kier alpha value is -2.87. The van der Waals surface area contributed by atoms with E-state index in [0.717, 1.165) is 16.8 Å². The molecule has 2 heterocycles. The van der Waals surface area contributed by atoms with Gasteiger partial charge in [0.05, 0.1) is 28.1 Å². The molecule has 1 unspecified atom stereocenters. The number of aromatic nitrogens is 2. The molecule has 152 valence electrons. The fourth-order valence-electron chi connectivity index (χ4n) is 3.71. The van der Waals surface area contributed by atoms with Crippen LogP contribution in [0.15, 0.2) is 54.6 Å². The predicted octanol–water partition coefficient (Wildman–Crippen LogP) is 2.31. The highest BCUT2D eigenvalue weighted by Crippen LogP contribution is 2.23. The molecule has 1 amide bonds. The van der Waals surface area contributed by atoms with Crippen LogP contribution in [0.1, 0.15) is 19.2 Å². The number of nitrogens with zero attached hydrogens (tertiary/aromatic N) is 2. The second kappa shape index (κ2) is 7.51. The fourth-order valence-corrected chi connectivity index (χ4v) is 5.80. The SMILES string of the molecule is CC1(NC(=O)Cn2c(COc3ccccc3)nc3ccccc32)CCS(=O)(=O)C1. The minimum Gasteiger partial charge on any atom is -0.486 e. The van der Waals surface area contributed by atoms with Gasteiger partial charge in [-0.1, -0.05) is 30.3 Å². The number of benzene rings is 2. The summed E-state index contributed by atoms with van der Waals surface area (Å²) in [7, 11) is -3.10. The third-order valence-corrected chi connectivity index (χ3v) is 6.99. The van der Waals surface area contributed by atoms with Crippen LogP contribution in [0.25, 0.3) is 11.0 Å². The zero-order valence-corrected chi connectivity index (χ0v) is 17.0. The Morgan fingerprint density at radius 2 is 1.90 bits per heavy atom. The number of nitrogens with one attached hydrogen (secondary N) is 1. The van der Waals surface area contributed by atoms with Crippen molar-refractivity contribution >= 4 is 26.8 Å². The minimum absolute atomic E-state index is 0.0274. The third-order valence-electron chi connectivity index (χ3n) is 5.09. The van der Waals surface area contributed by atoms with Crippen LogP contribution < -0.4 is 10.1 Å². The van der Waals surface area contributed by atoms with Gasteiger partial charge in [-0.2, -0.15) is 0 Å². The number of fused-ring (bicyclic) bond motifs is 1. The Morgan fingerprint density at radius 1 is 1.17 bits per heavy atom. The summed E-state index contributed by atoms with van der Waals surface area (Å²) in [5, 5.41) is 2.91. The van der Waals surface area contributed by atoms with Crippen molar-refractivity contribution < 1.29 is 17.9 Å². The van der Waals surface area contributed by atoms with Gasteiger partial charge < -0.3 is 14.6 Å². The van der Waals surface area contributed by atoms with Gasteiger partial charge >= 0.3 is 0 Å². The molecular formula is C21H23N3O4S. The second-order valence-electron chi connectivity index (χ2n) is 7.66. The molecule has 1 aliphatic rings. The summed E-state index contributed by atoms with van der Waals surface area (Å²) >= 11 is 0. The Morgan fingerprint density at radius 3 is 2.62 bits per heavy atom. The van der Waals surface area contributed by atoms with Crippen LogP contribution >= 0.6 is 0 Å². The number of rotatable bonds is 6. The van der Waals surface area contributed by atoms with E-state index in [9.17, 15) is 13.2 Å². The van der Waals surface area contributed by atoms with Crippen molar-refractivity contribution in [2.45, 2.75) is 32.0 Å². The van der Waals surface area contributed by atoms with E-state index in [1.807, 2.05) is 59.2 Å². The molecule has 1 aliphatic heterocycles.